The standard InChI is InChI=1S/C20H23BN2O6S/c24-20(28-13-15-4-2-1-3-5-15)23-10-8-18(9-11-23)30(26,27)22-17-7-6-16-14-29-21(25)19(16)12-17/h1-7,12,18,22,25H,8-11,13-14H2. The molecule has 0 unspecified atom stereocenters. The fourth-order valence-electron chi connectivity index (χ4n) is 3.69. The second-order valence-corrected chi connectivity index (χ2v) is 9.41. The minimum Gasteiger partial charge on any atom is -0.445 e. The normalized spacial score (nSPS) is 17.0. The summed E-state index contributed by atoms with van der Waals surface area (Å²) in [5.74, 6) is 0. The summed E-state index contributed by atoms with van der Waals surface area (Å²) in [5, 5.41) is 9.20. The highest BCUT2D eigenvalue weighted by molar-refractivity contribution is 7.93. The number of nitrogens with zero attached hydrogens (tertiary/aromatic N) is 1. The van der Waals surface area contributed by atoms with Crippen LogP contribution in [0.5, 0.6) is 0 Å². The molecule has 2 N–H and O–H groups in total. The quantitative estimate of drug-likeness (QED) is 0.696. The van der Waals surface area contributed by atoms with Gasteiger partial charge >= 0.3 is 13.2 Å². The average molecular weight is 430 g/mol. The van der Waals surface area contributed by atoms with Crippen molar-refractivity contribution in [3.8, 4) is 0 Å². The lowest BCUT2D eigenvalue weighted by molar-refractivity contribution is 0.0897. The van der Waals surface area contributed by atoms with Gasteiger partial charge in [-0.25, -0.2) is 13.2 Å². The lowest BCUT2D eigenvalue weighted by atomic mass is 9.79. The van der Waals surface area contributed by atoms with Gasteiger partial charge in [-0.15, -0.1) is 0 Å². The molecular formula is C20H23BN2O6S. The molecule has 2 aromatic rings. The van der Waals surface area contributed by atoms with Gasteiger partial charge in [0.2, 0.25) is 10.0 Å². The number of anilines is 1. The average Bonchev–Trinajstić information content (AvgIpc) is 3.13. The van der Waals surface area contributed by atoms with Crippen LogP contribution in [0.3, 0.4) is 0 Å². The predicted molar refractivity (Wildman–Crippen MR) is 113 cm³/mol. The van der Waals surface area contributed by atoms with Crippen LogP contribution in [0.1, 0.15) is 24.0 Å². The van der Waals surface area contributed by atoms with Gasteiger partial charge in [-0.05, 0) is 41.6 Å². The van der Waals surface area contributed by atoms with Crippen molar-refractivity contribution in [2.45, 2.75) is 31.3 Å². The number of carbonyl (C=O) groups excluding carboxylic acids is 1. The first kappa shape index (κ1) is 20.7. The highest BCUT2D eigenvalue weighted by atomic mass is 32.2. The second-order valence-electron chi connectivity index (χ2n) is 7.45. The Morgan fingerprint density at radius 1 is 1.20 bits per heavy atom. The van der Waals surface area contributed by atoms with Crippen molar-refractivity contribution in [1.82, 2.24) is 4.90 Å². The molecule has 0 saturated carbocycles. The molecular weight excluding hydrogens is 407 g/mol. The maximum absolute atomic E-state index is 12.8. The van der Waals surface area contributed by atoms with E-state index in [1.165, 1.54) is 4.90 Å². The van der Waals surface area contributed by atoms with Gasteiger partial charge in [0.1, 0.15) is 6.61 Å². The lowest BCUT2D eigenvalue weighted by Gasteiger charge is -2.31. The molecule has 1 saturated heterocycles. The Labute approximate surface area is 176 Å². The zero-order chi connectivity index (χ0) is 21.1. The Morgan fingerprint density at radius 2 is 1.93 bits per heavy atom. The van der Waals surface area contributed by atoms with Crippen LogP contribution in [0.25, 0.3) is 0 Å². The zero-order valence-electron chi connectivity index (χ0n) is 16.4. The van der Waals surface area contributed by atoms with Crippen molar-refractivity contribution in [2.24, 2.45) is 0 Å². The van der Waals surface area contributed by atoms with Gasteiger partial charge in [-0.3, -0.25) is 4.72 Å². The number of ether oxygens (including phenoxy) is 1. The van der Waals surface area contributed by atoms with E-state index in [9.17, 15) is 18.2 Å². The Kier molecular flexibility index (Phi) is 5.98. The molecule has 4 rings (SSSR count). The fourth-order valence-corrected chi connectivity index (χ4v) is 5.14. The SMILES string of the molecule is O=C(OCc1ccccc1)N1CCC(S(=O)(=O)Nc2ccc3c(c2)B(O)OC3)CC1. The van der Waals surface area contributed by atoms with E-state index in [1.807, 2.05) is 30.3 Å². The Hall–Kier alpha value is -2.56. The van der Waals surface area contributed by atoms with Crippen LogP contribution in [0.15, 0.2) is 48.5 Å². The van der Waals surface area contributed by atoms with Crippen LogP contribution in [0, 0.1) is 0 Å². The number of fused-ring (bicyclic) bond motifs is 1. The van der Waals surface area contributed by atoms with Crippen LogP contribution in [0.4, 0.5) is 10.5 Å². The van der Waals surface area contributed by atoms with E-state index in [4.69, 9.17) is 9.39 Å². The number of nitrogens with one attached hydrogen (secondary N) is 1. The summed E-state index contributed by atoms with van der Waals surface area (Å²) >= 11 is 0. The van der Waals surface area contributed by atoms with Crippen molar-refractivity contribution in [3.63, 3.8) is 0 Å². The molecule has 2 aliphatic heterocycles. The molecule has 0 aliphatic carbocycles. The molecule has 1 amide bonds. The van der Waals surface area contributed by atoms with Gasteiger partial charge in [0, 0.05) is 18.8 Å². The lowest BCUT2D eigenvalue weighted by Crippen LogP contribution is -2.44. The van der Waals surface area contributed by atoms with Gasteiger partial charge in [0.25, 0.3) is 0 Å². The molecule has 30 heavy (non-hydrogen) atoms. The minimum atomic E-state index is -3.63. The molecule has 2 aromatic carbocycles. The van der Waals surface area contributed by atoms with Gasteiger partial charge in [-0.2, -0.15) is 0 Å². The first-order valence-corrected chi connectivity index (χ1v) is 11.4. The highest BCUT2D eigenvalue weighted by Crippen LogP contribution is 2.22. The van der Waals surface area contributed by atoms with Crippen molar-refractivity contribution in [1.29, 1.82) is 0 Å². The first-order valence-electron chi connectivity index (χ1n) is 9.82. The number of amides is 1. The number of hydrogen-bond acceptors (Lipinski definition) is 6. The molecule has 0 aromatic heterocycles. The Morgan fingerprint density at radius 3 is 2.67 bits per heavy atom. The van der Waals surface area contributed by atoms with Crippen LogP contribution < -0.4 is 10.2 Å². The topological polar surface area (TPSA) is 105 Å². The number of piperidine rings is 1. The monoisotopic (exact) mass is 430 g/mol. The number of benzene rings is 2. The smallest absolute Gasteiger partial charge is 0.445 e. The third-order valence-electron chi connectivity index (χ3n) is 5.41. The third kappa shape index (κ3) is 4.61. The summed E-state index contributed by atoms with van der Waals surface area (Å²) in [6, 6.07) is 14.4. The van der Waals surface area contributed by atoms with Gasteiger partial charge in [0.05, 0.1) is 11.9 Å². The second kappa shape index (κ2) is 8.67. The summed E-state index contributed by atoms with van der Waals surface area (Å²) < 4.78 is 38.6. The number of hydrogen-bond donors (Lipinski definition) is 2. The molecule has 0 radical (unpaired) electrons. The van der Waals surface area contributed by atoms with E-state index >= 15 is 0 Å². The third-order valence-corrected chi connectivity index (χ3v) is 7.28. The molecule has 0 atom stereocenters. The van der Waals surface area contributed by atoms with E-state index in [-0.39, 0.29) is 6.61 Å². The van der Waals surface area contributed by atoms with E-state index in [1.54, 1.807) is 18.2 Å². The summed E-state index contributed by atoms with van der Waals surface area (Å²) in [4.78, 5) is 13.8. The van der Waals surface area contributed by atoms with Gasteiger partial charge in [0.15, 0.2) is 0 Å². The number of rotatable bonds is 5. The molecule has 2 heterocycles. The molecule has 8 nitrogen and oxygen atoms in total. The zero-order valence-corrected chi connectivity index (χ0v) is 17.2. The molecule has 1 fully saturated rings. The van der Waals surface area contributed by atoms with Crippen LogP contribution in [0.2, 0.25) is 0 Å². The highest BCUT2D eigenvalue weighted by Gasteiger charge is 2.33. The van der Waals surface area contributed by atoms with E-state index < -0.39 is 28.5 Å². The molecule has 158 valence electrons. The molecule has 0 bridgehead atoms. The van der Waals surface area contributed by atoms with Crippen LogP contribution in [-0.2, 0) is 32.6 Å². The van der Waals surface area contributed by atoms with Crippen LogP contribution in [-0.4, -0.2) is 49.9 Å². The first-order chi connectivity index (χ1) is 14.4. The number of sulfonamides is 1. The molecule has 2 aliphatic rings. The maximum atomic E-state index is 12.8. The van der Waals surface area contributed by atoms with Crippen molar-refractivity contribution >= 4 is 34.4 Å². The minimum absolute atomic E-state index is 0.188. The van der Waals surface area contributed by atoms with E-state index in [0.29, 0.717) is 43.7 Å². The number of likely N-dealkylation sites (tertiary alicyclic amines) is 1. The maximum Gasteiger partial charge on any atom is 0.491 e. The summed E-state index contributed by atoms with van der Waals surface area (Å²) in [6.07, 6.45) is 0.217. The Balaban J connectivity index is 1.31. The van der Waals surface area contributed by atoms with Crippen LogP contribution >= 0.6 is 0 Å². The van der Waals surface area contributed by atoms with E-state index in [2.05, 4.69) is 4.72 Å². The Bertz CT molecular complexity index is 1010. The summed E-state index contributed by atoms with van der Waals surface area (Å²) in [7, 11) is -4.66. The number of carbonyl (C=O) groups is 1. The largest absolute Gasteiger partial charge is 0.491 e. The molecule has 10 heteroatoms. The summed E-state index contributed by atoms with van der Waals surface area (Å²) in [6.45, 7) is 1.13. The van der Waals surface area contributed by atoms with Gasteiger partial charge in [-0.1, -0.05) is 36.4 Å². The van der Waals surface area contributed by atoms with Crippen molar-refractivity contribution < 1.29 is 27.6 Å². The van der Waals surface area contributed by atoms with Crippen molar-refractivity contribution in [3.05, 3.63) is 59.7 Å². The predicted octanol–water partition coefficient (Wildman–Crippen LogP) is 1.45. The van der Waals surface area contributed by atoms with Gasteiger partial charge < -0.3 is 19.3 Å². The van der Waals surface area contributed by atoms with Crippen molar-refractivity contribution in [2.75, 3.05) is 17.8 Å². The summed E-state index contributed by atoms with van der Waals surface area (Å²) in [5.41, 5.74) is 2.71. The van der Waals surface area contributed by atoms with E-state index in [0.717, 1.165) is 11.1 Å². The molecule has 0 spiro atoms. The fraction of sp³-hybridized carbons (Fsp3) is 0.350.